The van der Waals surface area contributed by atoms with Gasteiger partial charge in [0, 0.05) is 51.8 Å². The largest absolute Gasteiger partial charge is 0.496 e. The van der Waals surface area contributed by atoms with Gasteiger partial charge >= 0.3 is 0 Å². The summed E-state index contributed by atoms with van der Waals surface area (Å²) < 4.78 is 40.0. The number of hydrogen-bond acceptors (Lipinski definition) is 6. The van der Waals surface area contributed by atoms with Crippen LogP contribution in [0.5, 0.6) is 5.75 Å². The zero-order valence-corrected chi connectivity index (χ0v) is 24.5. The van der Waals surface area contributed by atoms with E-state index in [2.05, 4.69) is 11.7 Å². The molecule has 0 radical (unpaired) electrons. The number of hydrogen-bond donors (Lipinski definition) is 0. The highest BCUT2D eigenvalue weighted by Crippen LogP contribution is 2.47. The van der Waals surface area contributed by atoms with Gasteiger partial charge in [0.2, 0.25) is 5.91 Å². The van der Waals surface area contributed by atoms with Crippen LogP contribution in [0.15, 0.2) is 66.7 Å². The number of aromatic nitrogens is 5. The van der Waals surface area contributed by atoms with Gasteiger partial charge in [0.15, 0.2) is 0 Å². The molecule has 0 bridgehead atoms. The third-order valence-electron chi connectivity index (χ3n) is 7.98. The zero-order chi connectivity index (χ0) is 30.0. The van der Waals surface area contributed by atoms with E-state index >= 15 is 4.39 Å². The van der Waals surface area contributed by atoms with Crippen molar-refractivity contribution in [2.24, 2.45) is 7.05 Å². The number of rotatable bonds is 5. The summed E-state index contributed by atoms with van der Waals surface area (Å²) in [6, 6.07) is 11.8. The fourth-order valence-electron chi connectivity index (χ4n) is 5.87. The highest BCUT2D eigenvalue weighted by molar-refractivity contribution is 7.18. The number of aryl methyl sites for hydroxylation is 1. The van der Waals surface area contributed by atoms with E-state index in [1.807, 2.05) is 59.0 Å². The smallest absolute Gasteiger partial charge is 0.246 e. The van der Waals surface area contributed by atoms with Crippen LogP contribution in [0.2, 0.25) is 0 Å². The molecule has 6 aromatic rings. The molecule has 43 heavy (non-hydrogen) atoms. The lowest BCUT2D eigenvalue weighted by Crippen LogP contribution is -2.44. The number of halogens is 2. The first kappa shape index (κ1) is 27.0. The Labute approximate surface area is 249 Å². The number of carbonyl (C=O) groups excluding carboxylic acids is 1. The van der Waals surface area contributed by atoms with Crippen LogP contribution in [-0.2, 0) is 24.9 Å². The first-order valence-electron chi connectivity index (χ1n) is 13.6. The van der Waals surface area contributed by atoms with Crippen molar-refractivity contribution >= 4 is 38.2 Å². The van der Waals surface area contributed by atoms with Crippen molar-refractivity contribution in [3.63, 3.8) is 0 Å². The Bertz CT molecular complexity index is 2090. The molecule has 0 saturated carbocycles. The summed E-state index contributed by atoms with van der Waals surface area (Å²) >= 11 is 1.44. The Hall–Kier alpha value is -4.90. The molecule has 0 saturated heterocycles. The number of amides is 1. The molecule has 0 unspecified atom stereocenters. The quantitative estimate of drug-likeness (QED) is 0.210. The van der Waals surface area contributed by atoms with Crippen molar-refractivity contribution in [1.29, 1.82) is 0 Å². The van der Waals surface area contributed by atoms with Gasteiger partial charge in [-0.2, -0.15) is 10.2 Å². The molecule has 8 nitrogen and oxygen atoms in total. The number of benzene rings is 2. The van der Waals surface area contributed by atoms with E-state index in [0.29, 0.717) is 35.7 Å². The van der Waals surface area contributed by atoms with Gasteiger partial charge in [0.25, 0.3) is 0 Å². The van der Waals surface area contributed by atoms with Crippen molar-refractivity contribution in [1.82, 2.24) is 29.4 Å². The van der Waals surface area contributed by atoms with Crippen LogP contribution in [0, 0.1) is 11.6 Å². The van der Waals surface area contributed by atoms with E-state index < -0.39 is 11.6 Å². The van der Waals surface area contributed by atoms with Gasteiger partial charge in [0.05, 0.1) is 48.9 Å². The van der Waals surface area contributed by atoms with Crippen LogP contribution in [0.25, 0.3) is 54.8 Å². The minimum atomic E-state index is -0.764. The third kappa shape index (κ3) is 4.30. The summed E-state index contributed by atoms with van der Waals surface area (Å²) in [5, 5.41) is 13.0. The van der Waals surface area contributed by atoms with Gasteiger partial charge in [-0.15, -0.1) is 11.3 Å². The minimum Gasteiger partial charge on any atom is -0.496 e. The Balaban J connectivity index is 1.51. The molecule has 5 heterocycles. The Morgan fingerprint density at radius 2 is 1.98 bits per heavy atom. The molecule has 0 spiro atoms. The van der Waals surface area contributed by atoms with Crippen LogP contribution in [0.4, 0.5) is 8.78 Å². The molecule has 0 fully saturated rings. The van der Waals surface area contributed by atoms with Gasteiger partial charge in [-0.3, -0.25) is 14.2 Å². The van der Waals surface area contributed by atoms with Gasteiger partial charge in [-0.1, -0.05) is 12.6 Å². The first-order chi connectivity index (χ1) is 20.8. The lowest BCUT2D eigenvalue weighted by molar-refractivity contribution is -0.129. The number of ether oxygens (including phenoxy) is 1. The number of pyridine rings is 1. The highest BCUT2D eigenvalue weighted by Gasteiger charge is 2.30. The van der Waals surface area contributed by atoms with Crippen molar-refractivity contribution in [3.8, 4) is 39.5 Å². The molecule has 11 heteroatoms. The summed E-state index contributed by atoms with van der Waals surface area (Å²) in [6.45, 7) is 6.41. The Kier molecular flexibility index (Phi) is 6.35. The molecule has 0 N–H and O–H groups in total. The summed E-state index contributed by atoms with van der Waals surface area (Å²) in [5.41, 5.74) is 4.87. The summed E-state index contributed by atoms with van der Waals surface area (Å²) in [7, 11) is 3.27. The number of thiophene rings is 1. The average Bonchev–Trinajstić information content (AvgIpc) is 3.74. The monoisotopic (exact) mass is 596 g/mol. The number of fused-ring (bicyclic) bond motifs is 3. The van der Waals surface area contributed by atoms with Gasteiger partial charge < -0.3 is 9.64 Å². The Morgan fingerprint density at radius 1 is 1.14 bits per heavy atom. The molecule has 1 atom stereocenters. The van der Waals surface area contributed by atoms with E-state index in [-0.39, 0.29) is 23.3 Å². The molecule has 7 rings (SSSR count). The molecule has 1 aliphatic rings. The molecule has 4 aromatic heterocycles. The second kappa shape index (κ2) is 10.1. The predicted octanol–water partition coefficient (Wildman–Crippen LogP) is 6.58. The molecule has 0 aliphatic carbocycles. The fourth-order valence-corrected chi connectivity index (χ4v) is 6.82. The molecule has 1 amide bonds. The fraction of sp³-hybridized carbons (Fsp3) is 0.188. The number of carbonyl (C=O) groups is 1. The number of methoxy groups -OCH3 is 1. The van der Waals surface area contributed by atoms with Crippen molar-refractivity contribution in [2.75, 3.05) is 7.11 Å². The van der Waals surface area contributed by atoms with Gasteiger partial charge in [-0.05, 0) is 42.6 Å². The highest BCUT2D eigenvalue weighted by atomic mass is 32.1. The molecular weight excluding hydrogens is 570 g/mol. The molecule has 2 aromatic carbocycles. The minimum absolute atomic E-state index is 0.0557. The molecular formula is C32H26F2N6O2S. The number of nitrogens with zero attached hydrogens (tertiary/aromatic N) is 6. The normalized spacial score (nSPS) is 14.8. The van der Waals surface area contributed by atoms with Crippen LogP contribution in [0.3, 0.4) is 0 Å². The van der Waals surface area contributed by atoms with Crippen molar-refractivity contribution < 1.29 is 18.3 Å². The Morgan fingerprint density at radius 3 is 2.77 bits per heavy atom. The van der Waals surface area contributed by atoms with Crippen molar-refractivity contribution in [2.45, 2.75) is 26.1 Å². The lowest BCUT2D eigenvalue weighted by Gasteiger charge is -2.33. The maximum Gasteiger partial charge on any atom is 0.246 e. The van der Waals surface area contributed by atoms with E-state index in [1.165, 1.54) is 30.6 Å². The van der Waals surface area contributed by atoms with Crippen LogP contribution in [-0.4, -0.2) is 48.5 Å². The van der Waals surface area contributed by atoms with E-state index in [0.717, 1.165) is 38.3 Å². The molecule has 216 valence electrons. The summed E-state index contributed by atoms with van der Waals surface area (Å²) in [5.74, 6) is -1.61. The maximum absolute atomic E-state index is 15.7. The first-order valence-corrected chi connectivity index (χ1v) is 14.5. The van der Waals surface area contributed by atoms with Gasteiger partial charge in [-0.25, -0.2) is 13.8 Å². The topological polar surface area (TPSA) is 78.1 Å². The second-order valence-electron chi connectivity index (χ2n) is 10.6. The third-order valence-corrected chi connectivity index (χ3v) is 8.91. The second-order valence-corrected chi connectivity index (χ2v) is 11.5. The SMILES string of the molecule is C=CC(=O)N1Cc2cc(-c3nc(-c4ccc5c(cnn5C)c4)c4ccsc4c3-c3c(F)cc(F)cc3OC)nn2C[C@H]1C. The van der Waals surface area contributed by atoms with Crippen LogP contribution < -0.4 is 4.74 Å². The summed E-state index contributed by atoms with van der Waals surface area (Å²) in [6.07, 6.45) is 3.11. The van der Waals surface area contributed by atoms with Crippen molar-refractivity contribution in [3.05, 3.63) is 84.0 Å². The van der Waals surface area contributed by atoms with E-state index in [9.17, 15) is 9.18 Å². The average molecular weight is 597 g/mol. The van der Waals surface area contributed by atoms with Crippen LogP contribution >= 0.6 is 11.3 Å². The lowest BCUT2D eigenvalue weighted by atomic mass is 9.96. The van der Waals surface area contributed by atoms with Gasteiger partial charge in [0.1, 0.15) is 28.8 Å². The predicted molar refractivity (Wildman–Crippen MR) is 163 cm³/mol. The molecule has 1 aliphatic heterocycles. The van der Waals surface area contributed by atoms with E-state index in [1.54, 1.807) is 11.1 Å². The zero-order valence-electron chi connectivity index (χ0n) is 23.6. The van der Waals surface area contributed by atoms with Crippen LogP contribution in [0.1, 0.15) is 12.6 Å². The van der Waals surface area contributed by atoms with E-state index in [4.69, 9.17) is 14.8 Å². The standard InChI is InChI=1S/C32H26F2N6O2S/c1-5-27(41)39-16-21-13-24(37-40(21)15-17(39)2)31-29(28-23(34)11-20(33)12-26(28)42-4)32-22(8-9-43-32)30(36-31)18-6-7-25-19(10-18)14-35-38(25)3/h5-14,17H,1,15-16H2,2-4H3/t17-/m1/s1. The summed E-state index contributed by atoms with van der Waals surface area (Å²) in [4.78, 5) is 19.4. The maximum atomic E-state index is 15.7.